The number of ketones is 1. The van der Waals surface area contributed by atoms with Crippen LogP contribution in [0.3, 0.4) is 0 Å². The van der Waals surface area contributed by atoms with Crippen LogP contribution >= 0.6 is 23.2 Å². The fourth-order valence-corrected chi connectivity index (χ4v) is 5.30. The molecule has 224 valence electrons. The molecule has 3 aromatic rings. The van der Waals surface area contributed by atoms with Gasteiger partial charge in [0.05, 0.1) is 32.5 Å². The third-order valence-corrected chi connectivity index (χ3v) is 7.53. The van der Waals surface area contributed by atoms with Crippen molar-refractivity contribution in [3.63, 3.8) is 0 Å². The smallest absolute Gasteiger partial charge is 0.408 e. The summed E-state index contributed by atoms with van der Waals surface area (Å²) < 4.78 is 5.23. The zero-order valence-corrected chi connectivity index (χ0v) is 25.7. The predicted molar refractivity (Wildman–Crippen MR) is 163 cm³/mol. The number of carbonyl (C=O) groups excluding carboxylic acids is 3. The Morgan fingerprint density at radius 3 is 2.26 bits per heavy atom. The molecule has 1 unspecified atom stereocenters. The molecule has 4 rings (SSSR count). The molecule has 12 heteroatoms. The SMILES string of the molecule is CC(=O)c1cnc2ccc(-c3cc(Cl)c(O)c(Cl)c3)nc2c1NC1CCC(NC(=O)C(C)NC(=O)OC(C)(C)C)CC1. The van der Waals surface area contributed by atoms with Gasteiger partial charge in [0, 0.05) is 23.8 Å². The number of halogens is 2. The number of pyridine rings is 2. The van der Waals surface area contributed by atoms with Crippen molar-refractivity contribution >= 4 is 57.7 Å². The molecule has 1 aliphatic carbocycles. The number of hydrogen-bond acceptors (Lipinski definition) is 8. The quantitative estimate of drug-likeness (QED) is 0.228. The second-order valence-corrected chi connectivity index (χ2v) is 12.3. The zero-order chi connectivity index (χ0) is 30.8. The topological polar surface area (TPSA) is 143 Å². The molecule has 1 fully saturated rings. The number of aromatic hydroxyl groups is 1. The van der Waals surface area contributed by atoms with Crippen molar-refractivity contribution < 1.29 is 24.2 Å². The van der Waals surface area contributed by atoms with Gasteiger partial charge in [-0.2, -0.15) is 0 Å². The number of phenolic OH excluding ortho intramolecular Hbond substituents is 1. The summed E-state index contributed by atoms with van der Waals surface area (Å²) in [6, 6.07) is 5.97. The molecule has 1 aliphatic rings. The average Bonchev–Trinajstić information content (AvgIpc) is 2.91. The van der Waals surface area contributed by atoms with Crippen molar-refractivity contribution in [2.75, 3.05) is 5.32 Å². The van der Waals surface area contributed by atoms with Crippen molar-refractivity contribution in [1.29, 1.82) is 0 Å². The minimum Gasteiger partial charge on any atom is -0.505 e. The molecule has 2 amide bonds. The van der Waals surface area contributed by atoms with Crippen LogP contribution in [0.4, 0.5) is 10.5 Å². The first-order chi connectivity index (χ1) is 19.7. The van der Waals surface area contributed by atoms with Gasteiger partial charge in [0.1, 0.15) is 17.2 Å². The number of amides is 2. The van der Waals surface area contributed by atoms with E-state index < -0.39 is 17.7 Å². The molecule has 10 nitrogen and oxygen atoms in total. The third-order valence-electron chi connectivity index (χ3n) is 6.95. The van der Waals surface area contributed by atoms with Gasteiger partial charge >= 0.3 is 6.09 Å². The van der Waals surface area contributed by atoms with Gasteiger partial charge in [-0.05, 0) is 84.6 Å². The Morgan fingerprint density at radius 1 is 1.05 bits per heavy atom. The Labute approximate surface area is 254 Å². The monoisotopic (exact) mass is 615 g/mol. The molecule has 0 saturated heterocycles. The summed E-state index contributed by atoms with van der Waals surface area (Å²) in [4.78, 5) is 46.5. The molecular weight excluding hydrogens is 581 g/mol. The number of nitrogens with one attached hydrogen (secondary N) is 3. The second-order valence-electron chi connectivity index (χ2n) is 11.5. The number of carbonyl (C=O) groups is 3. The number of ether oxygens (including phenoxy) is 1. The Morgan fingerprint density at radius 2 is 1.67 bits per heavy atom. The minimum absolute atomic E-state index is 0.0298. The fraction of sp³-hybridized carbons (Fsp3) is 0.433. The fourth-order valence-electron chi connectivity index (χ4n) is 4.82. The van der Waals surface area contributed by atoms with E-state index in [1.807, 2.05) is 0 Å². The number of aromatic nitrogens is 2. The molecule has 1 atom stereocenters. The van der Waals surface area contributed by atoms with E-state index in [1.165, 1.54) is 6.92 Å². The molecule has 4 N–H and O–H groups in total. The summed E-state index contributed by atoms with van der Waals surface area (Å²) >= 11 is 12.3. The highest BCUT2D eigenvalue weighted by molar-refractivity contribution is 6.37. The molecule has 0 bridgehead atoms. The van der Waals surface area contributed by atoms with Gasteiger partial charge in [-0.3, -0.25) is 14.6 Å². The summed E-state index contributed by atoms with van der Waals surface area (Å²) in [5.74, 6) is -0.629. The number of hydrogen-bond donors (Lipinski definition) is 4. The van der Waals surface area contributed by atoms with Gasteiger partial charge in [-0.1, -0.05) is 23.2 Å². The van der Waals surface area contributed by atoms with E-state index >= 15 is 0 Å². The molecule has 2 heterocycles. The number of alkyl carbamates (subject to hydrolysis) is 1. The standard InChI is InChI=1S/C30H35Cl2N5O5/c1-15(34-29(41)42-30(3,4)5)28(40)36-19-8-6-18(7-9-19)35-25-20(16(2)38)14-33-24-11-10-23(37-26(24)25)17-12-21(31)27(39)22(32)13-17/h10-15,18-19,39H,6-9H2,1-5H3,(H,33,35)(H,34,41)(H,36,40). The Balaban J connectivity index is 1.47. The lowest BCUT2D eigenvalue weighted by Gasteiger charge is -2.31. The van der Waals surface area contributed by atoms with Crippen molar-refractivity contribution in [3.8, 4) is 17.0 Å². The highest BCUT2D eigenvalue weighted by atomic mass is 35.5. The minimum atomic E-state index is -0.740. The molecule has 42 heavy (non-hydrogen) atoms. The number of phenols is 1. The van der Waals surface area contributed by atoms with Crippen LogP contribution in [0, 0.1) is 0 Å². The zero-order valence-electron chi connectivity index (χ0n) is 24.2. The maximum absolute atomic E-state index is 12.7. The van der Waals surface area contributed by atoms with Gasteiger partial charge in [0.2, 0.25) is 5.91 Å². The van der Waals surface area contributed by atoms with E-state index in [4.69, 9.17) is 32.9 Å². The van der Waals surface area contributed by atoms with E-state index in [9.17, 15) is 19.5 Å². The lowest BCUT2D eigenvalue weighted by atomic mass is 9.90. The van der Waals surface area contributed by atoms with Crippen LogP contribution in [0.15, 0.2) is 30.5 Å². The first-order valence-electron chi connectivity index (χ1n) is 13.8. The lowest BCUT2D eigenvalue weighted by molar-refractivity contribution is -0.123. The highest BCUT2D eigenvalue weighted by Crippen LogP contribution is 2.37. The number of anilines is 1. The summed E-state index contributed by atoms with van der Waals surface area (Å²) in [6.45, 7) is 8.37. The average molecular weight is 617 g/mol. The Kier molecular flexibility index (Phi) is 9.47. The molecule has 1 saturated carbocycles. The molecule has 0 aliphatic heterocycles. The number of fused-ring (bicyclic) bond motifs is 1. The van der Waals surface area contributed by atoms with Gasteiger partial charge < -0.3 is 25.8 Å². The lowest BCUT2D eigenvalue weighted by Crippen LogP contribution is -2.50. The van der Waals surface area contributed by atoms with Crippen molar-refractivity contribution in [2.24, 2.45) is 0 Å². The summed E-state index contributed by atoms with van der Waals surface area (Å²) in [7, 11) is 0. The van der Waals surface area contributed by atoms with Crippen LogP contribution in [0.2, 0.25) is 10.0 Å². The van der Waals surface area contributed by atoms with E-state index in [2.05, 4.69) is 20.9 Å². The van der Waals surface area contributed by atoms with Crippen molar-refractivity contribution in [2.45, 2.75) is 84.0 Å². The van der Waals surface area contributed by atoms with Gasteiger partial charge in [0.15, 0.2) is 11.5 Å². The Hall–Kier alpha value is -3.63. The number of benzene rings is 1. The van der Waals surface area contributed by atoms with E-state index in [0.717, 1.165) is 12.8 Å². The van der Waals surface area contributed by atoms with Crippen LogP contribution in [0.5, 0.6) is 5.75 Å². The maximum Gasteiger partial charge on any atom is 0.408 e. The van der Waals surface area contributed by atoms with Crippen molar-refractivity contribution in [3.05, 3.63) is 46.1 Å². The number of nitrogens with zero attached hydrogens (tertiary/aromatic N) is 2. The molecule has 1 aromatic carbocycles. The normalized spacial score (nSPS) is 17.8. The molecular formula is C30H35Cl2N5O5. The van der Waals surface area contributed by atoms with Crippen molar-refractivity contribution in [1.82, 2.24) is 20.6 Å². The summed E-state index contributed by atoms with van der Waals surface area (Å²) in [6.07, 6.45) is 3.81. The molecule has 2 aromatic heterocycles. The van der Waals surface area contributed by atoms with Gasteiger partial charge in [-0.25, -0.2) is 9.78 Å². The van der Waals surface area contributed by atoms with E-state index in [-0.39, 0.29) is 39.6 Å². The van der Waals surface area contributed by atoms with Crippen LogP contribution in [0.1, 0.15) is 70.7 Å². The maximum atomic E-state index is 12.7. The number of Topliss-reactive ketones (excluding diaryl/α,β-unsaturated/α-hetero) is 1. The first-order valence-corrected chi connectivity index (χ1v) is 14.5. The summed E-state index contributed by atoms with van der Waals surface area (Å²) in [5, 5.41) is 19.3. The Bertz CT molecular complexity index is 1490. The van der Waals surface area contributed by atoms with Crippen LogP contribution in [-0.4, -0.2) is 56.6 Å². The largest absolute Gasteiger partial charge is 0.505 e. The molecule has 0 spiro atoms. The van der Waals surface area contributed by atoms with E-state index in [1.54, 1.807) is 58.2 Å². The second kappa shape index (κ2) is 12.7. The molecule has 0 radical (unpaired) electrons. The summed E-state index contributed by atoms with van der Waals surface area (Å²) in [5.41, 5.74) is 2.65. The van der Waals surface area contributed by atoms with Gasteiger partial charge in [0.25, 0.3) is 0 Å². The van der Waals surface area contributed by atoms with Crippen LogP contribution < -0.4 is 16.0 Å². The highest BCUT2D eigenvalue weighted by Gasteiger charge is 2.27. The predicted octanol–water partition coefficient (Wildman–Crippen LogP) is 6.26. The third kappa shape index (κ3) is 7.60. The number of rotatable bonds is 7. The van der Waals surface area contributed by atoms with Gasteiger partial charge in [-0.15, -0.1) is 0 Å². The van der Waals surface area contributed by atoms with E-state index in [0.29, 0.717) is 46.4 Å². The van der Waals surface area contributed by atoms with Crippen LogP contribution in [-0.2, 0) is 9.53 Å². The van der Waals surface area contributed by atoms with Crippen LogP contribution in [0.25, 0.3) is 22.3 Å². The first kappa shape index (κ1) is 31.3.